The van der Waals surface area contributed by atoms with Crippen LogP contribution < -0.4 is 15.0 Å². The average molecular weight is 458 g/mol. The van der Waals surface area contributed by atoms with E-state index in [1.807, 2.05) is 13.0 Å². The van der Waals surface area contributed by atoms with Gasteiger partial charge in [-0.3, -0.25) is 0 Å². The van der Waals surface area contributed by atoms with Crippen molar-refractivity contribution in [2.24, 2.45) is 5.92 Å². The molecule has 0 saturated carbocycles. The number of nitrogens with zero attached hydrogens (tertiary/aromatic N) is 4. The molecule has 3 aromatic rings. The Bertz CT molecular complexity index is 1050. The minimum atomic E-state index is -4.43. The molecule has 0 spiro atoms. The Hall–Kier alpha value is -3.36. The summed E-state index contributed by atoms with van der Waals surface area (Å²) in [5.41, 5.74) is 0.834. The van der Waals surface area contributed by atoms with E-state index in [1.54, 1.807) is 0 Å². The molecule has 1 saturated heterocycles. The molecule has 4 rings (SSSR count). The highest BCUT2D eigenvalue weighted by Gasteiger charge is 2.30. The standard InChI is InChI=1S/C24H26F3N5O/c1-2-33-23-30-21(28-20-10-6-9-19(16-20)24(25,26)27)29-22(31-23)32-13-11-18(12-14-32)15-17-7-4-3-5-8-17/h3-10,16,18H,2,11-15H2,1H3,(H,28,29,30,31). The predicted molar refractivity (Wildman–Crippen MR) is 121 cm³/mol. The van der Waals surface area contributed by atoms with Crippen LogP contribution in [0.25, 0.3) is 0 Å². The summed E-state index contributed by atoms with van der Waals surface area (Å²) < 4.78 is 44.6. The number of piperidine rings is 1. The Morgan fingerprint density at radius 2 is 1.76 bits per heavy atom. The average Bonchev–Trinajstić information content (AvgIpc) is 2.80. The van der Waals surface area contributed by atoms with Gasteiger partial charge in [0.15, 0.2) is 0 Å². The van der Waals surface area contributed by atoms with E-state index in [0.717, 1.165) is 44.5 Å². The molecule has 0 aliphatic carbocycles. The van der Waals surface area contributed by atoms with Crippen LogP contribution in [0.3, 0.4) is 0 Å². The summed E-state index contributed by atoms with van der Waals surface area (Å²) in [6.07, 6.45) is -1.39. The lowest BCUT2D eigenvalue weighted by Gasteiger charge is -2.32. The van der Waals surface area contributed by atoms with Crippen LogP contribution in [0.4, 0.5) is 30.8 Å². The van der Waals surface area contributed by atoms with Gasteiger partial charge in [0.1, 0.15) is 0 Å². The first kappa shape index (κ1) is 22.8. The van der Waals surface area contributed by atoms with Crippen LogP contribution in [0.15, 0.2) is 54.6 Å². The second kappa shape index (κ2) is 10.1. The first-order chi connectivity index (χ1) is 15.9. The van der Waals surface area contributed by atoms with Crippen molar-refractivity contribution in [2.45, 2.75) is 32.4 Å². The van der Waals surface area contributed by atoms with Crippen LogP contribution in [0, 0.1) is 5.92 Å². The molecular formula is C24H26F3N5O. The second-order valence-corrected chi connectivity index (χ2v) is 8.00. The predicted octanol–water partition coefficient (Wildman–Crippen LogP) is 5.49. The van der Waals surface area contributed by atoms with E-state index >= 15 is 0 Å². The summed E-state index contributed by atoms with van der Waals surface area (Å²) >= 11 is 0. The van der Waals surface area contributed by atoms with Crippen LogP contribution in [0.2, 0.25) is 0 Å². The minimum absolute atomic E-state index is 0.142. The number of hydrogen-bond acceptors (Lipinski definition) is 6. The third kappa shape index (κ3) is 6.12. The number of hydrogen-bond donors (Lipinski definition) is 1. The monoisotopic (exact) mass is 457 g/mol. The summed E-state index contributed by atoms with van der Waals surface area (Å²) in [5, 5.41) is 2.87. The molecular weight excluding hydrogens is 431 g/mol. The molecule has 2 heterocycles. The van der Waals surface area contributed by atoms with E-state index in [2.05, 4.69) is 49.4 Å². The minimum Gasteiger partial charge on any atom is -0.464 e. The molecule has 2 aromatic carbocycles. The van der Waals surface area contributed by atoms with E-state index in [9.17, 15) is 13.2 Å². The van der Waals surface area contributed by atoms with Gasteiger partial charge in [-0.2, -0.15) is 28.1 Å². The van der Waals surface area contributed by atoms with Gasteiger partial charge in [-0.15, -0.1) is 0 Å². The van der Waals surface area contributed by atoms with Gasteiger partial charge in [0, 0.05) is 18.8 Å². The number of ether oxygens (including phenoxy) is 1. The lowest BCUT2D eigenvalue weighted by atomic mass is 9.90. The molecule has 1 N–H and O–H groups in total. The number of aromatic nitrogens is 3. The molecule has 0 radical (unpaired) electrons. The summed E-state index contributed by atoms with van der Waals surface area (Å²) in [6.45, 7) is 3.76. The second-order valence-electron chi connectivity index (χ2n) is 8.00. The van der Waals surface area contributed by atoms with Crippen molar-refractivity contribution in [2.75, 3.05) is 29.9 Å². The summed E-state index contributed by atoms with van der Waals surface area (Å²) in [4.78, 5) is 15.2. The number of halogens is 3. The van der Waals surface area contributed by atoms with Crippen LogP contribution >= 0.6 is 0 Å². The van der Waals surface area contributed by atoms with E-state index in [0.29, 0.717) is 18.5 Å². The molecule has 33 heavy (non-hydrogen) atoms. The maximum absolute atomic E-state index is 13.1. The fourth-order valence-electron chi connectivity index (χ4n) is 3.92. The zero-order valence-corrected chi connectivity index (χ0v) is 18.3. The van der Waals surface area contributed by atoms with Gasteiger partial charge in [0.25, 0.3) is 0 Å². The van der Waals surface area contributed by atoms with Crippen LogP contribution in [0.1, 0.15) is 30.9 Å². The topological polar surface area (TPSA) is 63.2 Å². The molecule has 1 aliphatic heterocycles. The normalized spacial score (nSPS) is 14.8. The Morgan fingerprint density at radius 3 is 2.45 bits per heavy atom. The maximum atomic E-state index is 13.1. The van der Waals surface area contributed by atoms with E-state index in [1.165, 1.54) is 17.7 Å². The van der Waals surface area contributed by atoms with Gasteiger partial charge in [-0.05, 0) is 55.9 Å². The van der Waals surface area contributed by atoms with Gasteiger partial charge in [-0.25, -0.2) is 0 Å². The van der Waals surface area contributed by atoms with Crippen molar-refractivity contribution in [1.29, 1.82) is 0 Å². The summed E-state index contributed by atoms with van der Waals surface area (Å²) in [7, 11) is 0. The SMILES string of the molecule is CCOc1nc(Nc2cccc(C(F)(F)F)c2)nc(N2CCC(Cc3ccccc3)CC2)n1. The number of nitrogens with one attached hydrogen (secondary N) is 1. The quantitative estimate of drug-likeness (QED) is 0.506. The molecule has 0 atom stereocenters. The van der Waals surface area contributed by atoms with Crippen LogP contribution in [0.5, 0.6) is 6.01 Å². The Morgan fingerprint density at radius 1 is 1.00 bits per heavy atom. The van der Waals surface area contributed by atoms with Crippen molar-refractivity contribution in [1.82, 2.24) is 15.0 Å². The largest absolute Gasteiger partial charge is 0.464 e. The van der Waals surface area contributed by atoms with Crippen molar-refractivity contribution < 1.29 is 17.9 Å². The van der Waals surface area contributed by atoms with Crippen molar-refractivity contribution >= 4 is 17.6 Å². The highest BCUT2D eigenvalue weighted by atomic mass is 19.4. The van der Waals surface area contributed by atoms with Crippen molar-refractivity contribution in [3.05, 3.63) is 65.7 Å². The van der Waals surface area contributed by atoms with E-state index in [4.69, 9.17) is 4.74 Å². The number of alkyl halides is 3. The van der Waals surface area contributed by atoms with Crippen molar-refractivity contribution in [3.8, 4) is 6.01 Å². The van der Waals surface area contributed by atoms with Gasteiger partial charge in [0.05, 0.1) is 12.2 Å². The van der Waals surface area contributed by atoms with E-state index < -0.39 is 11.7 Å². The van der Waals surface area contributed by atoms with Gasteiger partial charge < -0.3 is 15.0 Å². The third-order valence-electron chi connectivity index (χ3n) is 5.59. The molecule has 0 amide bonds. The number of anilines is 3. The number of benzene rings is 2. The highest BCUT2D eigenvalue weighted by Crippen LogP contribution is 2.31. The summed E-state index contributed by atoms with van der Waals surface area (Å²) in [6, 6.07) is 15.5. The summed E-state index contributed by atoms with van der Waals surface area (Å²) in [5.74, 6) is 1.19. The Kier molecular flexibility index (Phi) is 6.96. The first-order valence-electron chi connectivity index (χ1n) is 11.0. The van der Waals surface area contributed by atoms with Crippen LogP contribution in [-0.4, -0.2) is 34.6 Å². The molecule has 0 bridgehead atoms. The zero-order chi connectivity index (χ0) is 23.3. The zero-order valence-electron chi connectivity index (χ0n) is 18.3. The van der Waals surface area contributed by atoms with Gasteiger partial charge >= 0.3 is 12.2 Å². The molecule has 1 aromatic heterocycles. The molecule has 6 nitrogen and oxygen atoms in total. The fraction of sp³-hybridized carbons (Fsp3) is 0.375. The fourth-order valence-corrected chi connectivity index (χ4v) is 3.92. The van der Waals surface area contributed by atoms with Crippen molar-refractivity contribution in [3.63, 3.8) is 0 Å². The van der Waals surface area contributed by atoms with Gasteiger partial charge in [0.2, 0.25) is 11.9 Å². The lowest BCUT2D eigenvalue weighted by Crippen LogP contribution is -2.35. The molecule has 1 fully saturated rings. The molecule has 174 valence electrons. The third-order valence-corrected chi connectivity index (χ3v) is 5.59. The Balaban J connectivity index is 1.48. The lowest BCUT2D eigenvalue weighted by molar-refractivity contribution is -0.137. The van der Waals surface area contributed by atoms with Gasteiger partial charge in [-0.1, -0.05) is 36.4 Å². The highest BCUT2D eigenvalue weighted by molar-refractivity contribution is 5.56. The molecule has 0 unspecified atom stereocenters. The first-order valence-corrected chi connectivity index (χ1v) is 11.0. The molecule has 1 aliphatic rings. The Labute approximate surface area is 190 Å². The maximum Gasteiger partial charge on any atom is 0.416 e. The van der Waals surface area contributed by atoms with Crippen LogP contribution in [-0.2, 0) is 12.6 Å². The molecule has 9 heteroatoms. The van der Waals surface area contributed by atoms with E-state index in [-0.39, 0.29) is 17.6 Å². The number of rotatable bonds is 7. The smallest absolute Gasteiger partial charge is 0.416 e.